The Labute approximate surface area is 294 Å². The standard InChI is InChI=1S/C40H63N3O6/c1-5-42-33-20-28-10-7-6-9-27(28)19-30(33)23-48-38(47)40-37(46)35-29(17-24(2)3)11-8-12-32(35)36(45)39(40,49-40)21-31(22-44)25(4)13-14-26-15-16-43-34(41)18-26/h7,10,24,26-30,32-35,42-44H,5-6,8-9,11-23,41H2,1-4H3/t26?,27-,28-,29?,30+,32?,33+,34?,35?,39-,40-/m0/s1. The van der Waals surface area contributed by atoms with Crippen LogP contribution >= 0.6 is 0 Å². The second-order valence-electron chi connectivity index (χ2n) is 16.9. The maximum absolute atomic E-state index is 14.8. The highest BCUT2D eigenvalue weighted by atomic mass is 16.7. The van der Waals surface area contributed by atoms with Crippen LogP contribution in [0.1, 0.15) is 111 Å². The highest BCUT2D eigenvalue weighted by molar-refractivity contribution is 6.23. The van der Waals surface area contributed by atoms with Crippen molar-refractivity contribution in [3.8, 4) is 0 Å². The van der Waals surface area contributed by atoms with E-state index in [0.29, 0.717) is 35.7 Å². The second-order valence-corrected chi connectivity index (χ2v) is 16.9. The molecule has 9 heteroatoms. The van der Waals surface area contributed by atoms with Crippen LogP contribution in [0.4, 0.5) is 0 Å². The number of fused-ring (bicyclic) bond motifs is 3. The van der Waals surface area contributed by atoms with E-state index in [-0.39, 0.29) is 55.2 Å². The molecule has 0 radical (unpaired) electrons. The number of allylic oxidation sites excluding steroid dienone is 3. The molecule has 274 valence electrons. The minimum atomic E-state index is -1.93. The number of aliphatic hydroxyl groups excluding tert-OH is 1. The van der Waals surface area contributed by atoms with Gasteiger partial charge in [0.15, 0.2) is 17.2 Å². The summed E-state index contributed by atoms with van der Waals surface area (Å²) in [5.41, 5.74) is 4.30. The maximum Gasteiger partial charge on any atom is 0.350 e. The Bertz CT molecular complexity index is 1300. The number of ketones is 2. The van der Waals surface area contributed by atoms with E-state index in [1.165, 1.54) is 0 Å². The first-order valence-corrected chi connectivity index (χ1v) is 19.7. The highest BCUT2D eigenvalue weighted by Gasteiger charge is 2.87. The molecule has 0 aromatic carbocycles. The molecular formula is C40H63N3O6. The Kier molecular flexibility index (Phi) is 11.6. The van der Waals surface area contributed by atoms with Crippen LogP contribution in [-0.2, 0) is 23.9 Å². The van der Waals surface area contributed by atoms with E-state index in [2.05, 4.69) is 43.6 Å². The second kappa shape index (κ2) is 15.4. The molecule has 6 rings (SSSR count). The molecule has 0 amide bonds. The third kappa shape index (κ3) is 7.13. The van der Waals surface area contributed by atoms with Gasteiger partial charge >= 0.3 is 5.97 Å². The third-order valence-corrected chi connectivity index (χ3v) is 13.4. The van der Waals surface area contributed by atoms with Crippen molar-refractivity contribution in [2.24, 2.45) is 53.1 Å². The van der Waals surface area contributed by atoms with Crippen LogP contribution in [0.25, 0.3) is 0 Å². The zero-order valence-corrected chi connectivity index (χ0v) is 30.5. The molecule has 9 nitrogen and oxygen atoms in total. The summed E-state index contributed by atoms with van der Waals surface area (Å²) in [6, 6.07) is 0.215. The van der Waals surface area contributed by atoms with Gasteiger partial charge in [0.2, 0.25) is 0 Å². The molecule has 49 heavy (non-hydrogen) atoms. The van der Waals surface area contributed by atoms with Crippen molar-refractivity contribution in [2.75, 3.05) is 26.3 Å². The summed E-state index contributed by atoms with van der Waals surface area (Å²) in [7, 11) is 0. The summed E-state index contributed by atoms with van der Waals surface area (Å²) in [4.78, 5) is 44.0. The smallest absolute Gasteiger partial charge is 0.350 e. The first-order chi connectivity index (χ1) is 23.5. The van der Waals surface area contributed by atoms with E-state index in [1.807, 2.05) is 6.92 Å². The van der Waals surface area contributed by atoms with E-state index in [1.54, 1.807) is 0 Å². The lowest BCUT2D eigenvalue weighted by Crippen LogP contribution is -2.60. The number of hydrogen-bond donors (Lipinski definition) is 4. The molecule has 11 atom stereocenters. The van der Waals surface area contributed by atoms with Crippen molar-refractivity contribution in [2.45, 2.75) is 135 Å². The zero-order chi connectivity index (χ0) is 34.9. The normalized spacial score (nSPS) is 40.7. The average molecular weight is 682 g/mol. The van der Waals surface area contributed by atoms with Crippen LogP contribution in [0.5, 0.6) is 0 Å². The van der Waals surface area contributed by atoms with Gasteiger partial charge in [0.05, 0.1) is 19.4 Å². The monoisotopic (exact) mass is 681 g/mol. The lowest BCUT2D eigenvalue weighted by atomic mass is 9.56. The molecule has 6 aliphatic rings. The molecule has 3 saturated carbocycles. The highest BCUT2D eigenvalue weighted by Crippen LogP contribution is 2.63. The van der Waals surface area contributed by atoms with E-state index in [9.17, 15) is 19.5 Å². The number of ether oxygens (including phenoxy) is 2. The van der Waals surface area contributed by atoms with Gasteiger partial charge in [-0.05, 0) is 126 Å². The van der Waals surface area contributed by atoms with Crippen LogP contribution in [0.3, 0.4) is 0 Å². The van der Waals surface area contributed by atoms with Gasteiger partial charge < -0.3 is 30.9 Å². The number of hydrogen-bond acceptors (Lipinski definition) is 9. The molecule has 5 N–H and O–H groups in total. The summed E-state index contributed by atoms with van der Waals surface area (Å²) in [5, 5.41) is 17.6. The lowest BCUT2D eigenvalue weighted by Gasteiger charge is -2.43. The molecule has 5 fully saturated rings. The number of aliphatic hydroxyl groups is 1. The number of nitrogens with one attached hydrogen (secondary N) is 2. The number of rotatable bonds is 13. The fourth-order valence-corrected chi connectivity index (χ4v) is 10.7. The van der Waals surface area contributed by atoms with Crippen molar-refractivity contribution in [1.82, 2.24) is 10.6 Å². The Hall–Kier alpha value is -1.91. The summed E-state index contributed by atoms with van der Waals surface area (Å²) in [6.07, 6.45) is 15.8. The van der Waals surface area contributed by atoms with Crippen molar-refractivity contribution in [1.29, 1.82) is 0 Å². The van der Waals surface area contributed by atoms with E-state index >= 15 is 0 Å². The Morgan fingerprint density at radius 2 is 1.96 bits per heavy atom. The maximum atomic E-state index is 14.8. The van der Waals surface area contributed by atoms with Crippen LogP contribution in [0.15, 0.2) is 23.3 Å². The van der Waals surface area contributed by atoms with Crippen molar-refractivity contribution in [3.05, 3.63) is 23.3 Å². The summed E-state index contributed by atoms with van der Waals surface area (Å²) in [6.45, 7) is 10.1. The molecule has 5 unspecified atom stereocenters. The molecule has 0 aromatic rings. The number of carbonyl (C=O) groups is 3. The molecular weight excluding hydrogens is 618 g/mol. The van der Waals surface area contributed by atoms with Gasteiger partial charge in [0.1, 0.15) is 0 Å². The molecule has 2 saturated heterocycles. The van der Waals surface area contributed by atoms with Gasteiger partial charge in [-0.15, -0.1) is 0 Å². The Morgan fingerprint density at radius 3 is 2.69 bits per heavy atom. The van der Waals surface area contributed by atoms with Gasteiger partial charge in [-0.1, -0.05) is 44.9 Å². The van der Waals surface area contributed by atoms with Crippen LogP contribution in [0.2, 0.25) is 0 Å². The number of piperidine rings is 1. The van der Waals surface area contributed by atoms with Gasteiger partial charge in [0.25, 0.3) is 5.60 Å². The molecule has 4 aliphatic carbocycles. The summed E-state index contributed by atoms with van der Waals surface area (Å²) < 4.78 is 12.6. The van der Waals surface area contributed by atoms with Gasteiger partial charge in [-0.25, -0.2) is 4.79 Å². The zero-order valence-electron chi connectivity index (χ0n) is 30.5. The first-order valence-electron chi connectivity index (χ1n) is 19.7. The molecule has 0 spiro atoms. The third-order valence-electron chi connectivity index (χ3n) is 13.4. The first kappa shape index (κ1) is 36.9. The largest absolute Gasteiger partial charge is 0.463 e. The van der Waals surface area contributed by atoms with Crippen molar-refractivity contribution >= 4 is 17.5 Å². The average Bonchev–Trinajstić information content (AvgIpc) is 3.79. The number of Topliss-reactive ketones (excluding diaryl/α,β-unsaturated/α-hetero) is 2. The molecule has 2 aliphatic heterocycles. The minimum Gasteiger partial charge on any atom is -0.463 e. The number of epoxide rings is 1. The predicted octanol–water partition coefficient (Wildman–Crippen LogP) is 5.00. The van der Waals surface area contributed by atoms with E-state index in [4.69, 9.17) is 15.2 Å². The van der Waals surface area contributed by atoms with E-state index in [0.717, 1.165) is 89.3 Å². The summed E-state index contributed by atoms with van der Waals surface area (Å²) >= 11 is 0. The van der Waals surface area contributed by atoms with Gasteiger partial charge in [-0.3, -0.25) is 9.59 Å². The van der Waals surface area contributed by atoms with Crippen LogP contribution in [-0.4, -0.2) is 72.4 Å². The van der Waals surface area contributed by atoms with Crippen molar-refractivity contribution in [3.63, 3.8) is 0 Å². The Balaban J connectivity index is 1.26. The van der Waals surface area contributed by atoms with Gasteiger partial charge in [0, 0.05) is 30.2 Å². The number of nitrogens with two attached hydrogens (primary N) is 1. The SMILES string of the molecule is CCN[C@@H]1C[C@@H]2C=CCC[C@H]2C[C@@H]1COC(=O)[C@]12O[C@@]1(CC(CO)=C(C)CCC1CCNC(N)C1)C(=O)C1CCCC(CC(C)C)C1C2=O. The summed E-state index contributed by atoms with van der Waals surface area (Å²) in [5.74, 6) is 0.0615. The fraction of sp³-hybridized carbons (Fsp3) is 0.825. The van der Waals surface area contributed by atoms with Crippen molar-refractivity contribution < 1.29 is 29.0 Å². The predicted molar refractivity (Wildman–Crippen MR) is 189 cm³/mol. The quantitative estimate of drug-likeness (QED) is 0.0914. The molecule has 2 heterocycles. The fourth-order valence-electron chi connectivity index (χ4n) is 10.7. The van der Waals surface area contributed by atoms with Crippen LogP contribution < -0.4 is 16.4 Å². The lowest BCUT2D eigenvalue weighted by molar-refractivity contribution is -0.161. The molecule has 0 aromatic heterocycles. The number of carbonyl (C=O) groups excluding carboxylic acids is 3. The number of esters is 1. The topological polar surface area (TPSA) is 143 Å². The molecule has 0 bridgehead atoms. The minimum absolute atomic E-state index is 0.00198. The van der Waals surface area contributed by atoms with Gasteiger partial charge in [-0.2, -0.15) is 0 Å². The van der Waals surface area contributed by atoms with Crippen LogP contribution in [0, 0.1) is 47.3 Å². The van der Waals surface area contributed by atoms with E-state index < -0.39 is 29.0 Å². The Morgan fingerprint density at radius 1 is 1.14 bits per heavy atom.